The minimum Gasteiger partial charge on any atom is -0.502 e. The van der Waals surface area contributed by atoms with Gasteiger partial charge in [-0.25, -0.2) is 4.79 Å². The number of ether oxygens (including phenoxy) is 1. The molecule has 8 heteroatoms. The minimum atomic E-state index is -0.772. The zero-order chi connectivity index (χ0) is 19.0. The van der Waals surface area contributed by atoms with E-state index in [0.717, 1.165) is 5.70 Å². The number of carbonyl (C=O) groups is 2. The number of phenolic OH excluding ortho intramolecular Hbond substituents is 1. The number of phenols is 1. The normalized spacial score (nSPS) is 19.8. The molecule has 2 N–H and O–H groups in total. The highest BCUT2D eigenvalue weighted by atomic mass is 16.6. The molecule has 1 aliphatic carbocycles. The third-order valence-electron chi connectivity index (χ3n) is 4.71. The van der Waals surface area contributed by atoms with Crippen molar-refractivity contribution in [3.63, 3.8) is 0 Å². The van der Waals surface area contributed by atoms with E-state index in [2.05, 4.69) is 5.32 Å². The number of aromatic hydroxyl groups is 1. The molecule has 1 aromatic carbocycles. The lowest BCUT2D eigenvalue weighted by atomic mass is 9.75. The van der Waals surface area contributed by atoms with E-state index in [1.54, 1.807) is 6.92 Å². The highest BCUT2D eigenvalue weighted by molar-refractivity contribution is 6.03. The maximum atomic E-state index is 12.6. The average Bonchev–Trinajstić information content (AvgIpc) is 2.60. The first kappa shape index (κ1) is 17.7. The van der Waals surface area contributed by atoms with Crippen molar-refractivity contribution in [2.24, 2.45) is 0 Å². The van der Waals surface area contributed by atoms with Crippen molar-refractivity contribution in [2.75, 3.05) is 7.11 Å². The molecule has 2 aliphatic rings. The highest BCUT2D eigenvalue weighted by Crippen LogP contribution is 2.44. The van der Waals surface area contributed by atoms with Gasteiger partial charge in [-0.15, -0.1) is 0 Å². The summed E-state index contributed by atoms with van der Waals surface area (Å²) >= 11 is 0. The van der Waals surface area contributed by atoms with Gasteiger partial charge in [0.05, 0.1) is 17.6 Å². The Balaban J connectivity index is 2.24. The molecule has 0 bridgehead atoms. The number of nitro groups is 1. The molecule has 1 aromatic rings. The van der Waals surface area contributed by atoms with E-state index >= 15 is 0 Å². The zero-order valence-corrected chi connectivity index (χ0v) is 14.4. The lowest BCUT2D eigenvalue weighted by Crippen LogP contribution is -2.34. The SMILES string of the molecule is COC(=O)C1=C(C)NC2=C(C(=O)CCC2)[C@H]1c1ccc(O)c([N+](=O)[O-])c1. The van der Waals surface area contributed by atoms with Crippen LogP contribution in [0.2, 0.25) is 0 Å². The van der Waals surface area contributed by atoms with Gasteiger partial charge >= 0.3 is 11.7 Å². The molecule has 0 saturated heterocycles. The Kier molecular flexibility index (Phi) is 4.50. The summed E-state index contributed by atoms with van der Waals surface area (Å²) in [7, 11) is 1.24. The molecule has 0 radical (unpaired) electrons. The largest absolute Gasteiger partial charge is 0.502 e. The van der Waals surface area contributed by atoms with Crippen LogP contribution in [-0.2, 0) is 14.3 Å². The van der Waals surface area contributed by atoms with Crippen molar-refractivity contribution in [2.45, 2.75) is 32.1 Å². The molecule has 1 atom stereocenters. The van der Waals surface area contributed by atoms with Crippen LogP contribution in [0.4, 0.5) is 5.69 Å². The van der Waals surface area contributed by atoms with Gasteiger partial charge in [-0.1, -0.05) is 6.07 Å². The summed E-state index contributed by atoms with van der Waals surface area (Å²) in [6.07, 6.45) is 1.71. The quantitative estimate of drug-likeness (QED) is 0.484. The second kappa shape index (κ2) is 6.62. The second-order valence-electron chi connectivity index (χ2n) is 6.26. The summed E-state index contributed by atoms with van der Waals surface area (Å²) in [5.74, 6) is -1.96. The van der Waals surface area contributed by atoms with Crippen LogP contribution in [0.15, 0.2) is 40.7 Å². The lowest BCUT2D eigenvalue weighted by molar-refractivity contribution is -0.385. The third kappa shape index (κ3) is 2.83. The second-order valence-corrected chi connectivity index (χ2v) is 6.26. The smallest absolute Gasteiger partial charge is 0.336 e. The number of ketones is 1. The van der Waals surface area contributed by atoms with Gasteiger partial charge in [0.25, 0.3) is 0 Å². The van der Waals surface area contributed by atoms with Gasteiger partial charge in [-0.05, 0) is 31.4 Å². The maximum Gasteiger partial charge on any atom is 0.336 e. The highest BCUT2D eigenvalue weighted by Gasteiger charge is 2.39. The number of Topliss-reactive ketones (excluding diaryl/α,β-unsaturated/α-hetero) is 1. The molecular weight excluding hydrogens is 340 g/mol. The summed E-state index contributed by atoms with van der Waals surface area (Å²) in [5, 5.41) is 24.0. The van der Waals surface area contributed by atoms with E-state index < -0.39 is 28.2 Å². The van der Waals surface area contributed by atoms with Crippen molar-refractivity contribution < 1.29 is 24.4 Å². The fourth-order valence-electron chi connectivity index (χ4n) is 3.56. The van der Waals surface area contributed by atoms with E-state index in [9.17, 15) is 24.8 Å². The molecule has 26 heavy (non-hydrogen) atoms. The number of esters is 1. The molecule has 0 spiro atoms. The first-order valence-corrected chi connectivity index (χ1v) is 8.14. The molecule has 3 rings (SSSR count). The number of dihydropyridines is 1. The van der Waals surface area contributed by atoms with Crippen LogP contribution in [0.1, 0.15) is 37.7 Å². The van der Waals surface area contributed by atoms with Gasteiger partial charge in [0, 0.05) is 35.4 Å². The van der Waals surface area contributed by atoms with Crippen LogP contribution >= 0.6 is 0 Å². The molecule has 136 valence electrons. The van der Waals surface area contributed by atoms with E-state index in [1.165, 1.54) is 25.3 Å². The molecule has 1 aliphatic heterocycles. The van der Waals surface area contributed by atoms with E-state index in [0.29, 0.717) is 36.1 Å². The molecule has 1 heterocycles. The van der Waals surface area contributed by atoms with E-state index in [-0.39, 0.29) is 11.4 Å². The number of allylic oxidation sites excluding steroid dienone is 3. The van der Waals surface area contributed by atoms with Crippen molar-refractivity contribution in [3.8, 4) is 5.75 Å². The maximum absolute atomic E-state index is 12.6. The van der Waals surface area contributed by atoms with Crippen LogP contribution in [0.25, 0.3) is 0 Å². The Labute approximate surface area is 149 Å². The van der Waals surface area contributed by atoms with E-state index in [1.807, 2.05) is 0 Å². The molecular formula is C18H18N2O6. The Hall–Kier alpha value is -3.16. The number of benzene rings is 1. The van der Waals surface area contributed by atoms with Gasteiger partial charge in [-0.2, -0.15) is 0 Å². The molecule has 0 aromatic heterocycles. The van der Waals surface area contributed by atoms with Crippen molar-refractivity contribution in [1.82, 2.24) is 5.32 Å². The number of methoxy groups -OCH3 is 1. The number of hydrogen-bond donors (Lipinski definition) is 2. The number of nitro benzene ring substituents is 1. The predicted octanol–water partition coefficient (Wildman–Crippen LogP) is 2.44. The van der Waals surface area contributed by atoms with Crippen LogP contribution in [0.5, 0.6) is 5.75 Å². The van der Waals surface area contributed by atoms with Gasteiger partial charge < -0.3 is 15.2 Å². The first-order valence-electron chi connectivity index (χ1n) is 8.14. The monoisotopic (exact) mass is 358 g/mol. The van der Waals surface area contributed by atoms with E-state index in [4.69, 9.17) is 4.74 Å². The van der Waals surface area contributed by atoms with Gasteiger partial charge in [0.1, 0.15) is 0 Å². The number of hydrogen-bond acceptors (Lipinski definition) is 7. The summed E-state index contributed by atoms with van der Waals surface area (Å²) in [4.78, 5) is 35.5. The first-order chi connectivity index (χ1) is 12.3. The zero-order valence-electron chi connectivity index (χ0n) is 14.4. The number of nitrogens with zero attached hydrogens (tertiary/aromatic N) is 1. The lowest BCUT2D eigenvalue weighted by Gasteiger charge is -2.33. The summed E-state index contributed by atoms with van der Waals surface area (Å²) in [6, 6.07) is 3.89. The fourth-order valence-corrected chi connectivity index (χ4v) is 3.56. The summed E-state index contributed by atoms with van der Waals surface area (Å²) < 4.78 is 4.87. The molecule has 0 amide bonds. The van der Waals surface area contributed by atoms with Crippen LogP contribution in [0.3, 0.4) is 0 Å². The Morgan fingerprint density at radius 1 is 1.38 bits per heavy atom. The van der Waals surface area contributed by atoms with Crippen LogP contribution in [-0.4, -0.2) is 28.9 Å². The summed E-state index contributed by atoms with van der Waals surface area (Å²) in [5.41, 5.74) is 1.86. The molecule has 0 fully saturated rings. The van der Waals surface area contributed by atoms with Crippen LogP contribution in [0, 0.1) is 10.1 Å². The van der Waals surface area contributed by atoms with Crippen LogP contribution < -0.4 is 5.32 Å². The van der Waals surface area contributed by atoms with Crippen molar-refractivity contribution in [1.29, 1.82) is 0 Å². The Bertz CT molecular complexity index is 884. The standard InChI is InChI=1S/C18H18N2O6/c1-9-15(18(23)26-2)16(17-11(19-9)4-3-5-14(17)22)10-6-7-13(21)12(8-10)20(24)25/h6-8,16,19,21H,3-5H2,1-2H3/t16-/m0/s1. The summed E-state index contributed by atoms with van der Waals surface area (Å²) in [6.45, 7) is 1.71. The molecule has 0 saturated carbocycles. The van der Waals surface area contributed by atoms with Gasteiger partial charge in [0.15, 0.2) is 11.5 Å². The topological polar surface area (TPSA) is 119 Å². The van der Waals surface area contributed by atoms with Gasteiger partial charge in [0.2, 0.25) is 0 Å². The Morgan fingerprint density at radius 3 is 2.77 bits per heavy atom. The molecule has 0 unspecified atom stereocenters. The van der Waals surface area contributed by atoms with Gasteiger partial charge in [-0.3, -0.25) is 14.9 Å². The predicted molar refractivity (Wildman–Crippen MR) is 91.2 cm³/mol. The number of nitrogens with one attached hydrogen (secondary N) is 1. The number of carbonyl (C=O) groups excluding carboxylic acids is 2. The molecule has 8 nitrogen and oxygen atoms in total. The Morgan fingerprint density at radius 2 is 2.12 bits per heavy atom. The third-order valence-corrected chi connectivity index (χ3v) is 4.71. The van der Waals surface area contributed by atoms with Crippen molar-refractivity contribution >= 4 is 17.4 Å². The minimum absolute atomic E-state index is 0.103. The number of rotatable bonds is 3. The fraction of sp³-hybridized carbons (Fsp3) is 0.333. The average molecular weight is 358 g/mol. The van der Waals surface area contributed by atoms with Crippen molar-refractivity contribution in [3.05, 3.63) is 56.4 Å².